The lowest BCUT2D eigenvalue weighted by molar-refractivity contribution is 0.0697. The molecule has 5 nitrogen and oxygen atoms in total. The molecule has 1 N–H and O–H groups in total. The van der Waals surface area contributed by atoms with Crippen molar-refractivity contribution in [1.29, 1.82) is 0 Å². The first-order chi connectivity index (χ1) is 14.5. The van der Waals surface area contributed by atoms with E-state index in [9.17, 15) is 4.79 Å². The summed E-state index contributed by atoms with van der Waals surface area (Å²) in [7, 11) is 1.55. The van der Waals surface area contributed by atoms with Gasteiger partial charge in [-0.2, -0.15) is 0 Å². The van der Waals surface area contributed by atoms with Gasteiger partial charge in [0.15, 0.2) is 11.5 Å². The maximum absolute atomic E-state index is 10.9. The van der Waals surface area contributed by atoms with Crippen LogP contribution >= 0.6 is 11.6 Å². The van der Waals surface area contributed by atoms with Gasteiger partial charge < -0.3 is 14.6 Å². The van der Waals surface area contributed by atoms with Gasteiger partial charge in [0.25, 0.3) is 0 Å². The van der Waals surface area contributed by atoms with Gasteiger partial charge in [-0.1, -0.05) is 42.8 Å². The molecule has 0 atom stereocenters. The highest BCUT2D eigenvalue weighted by molar-refractivity contribution is 6.32. The topological polar surface area (TPSA) is 68.1 Å². The van der Waals surface area contributed by atoms with Gasteiger partial charge in [0, 0.05) is 6.21 Å². The van der Waals surface area contributed by atoms with Crippen molar-refractivity contribution in [2.24, 2.45) is 4.99 Å². The van der Waals surface area contributed by atoms with E-state index >= 15 is 0 Å². The van der Waals surface area contributed by atoms with Crippen molar-refractivity contribution >= 4 is 29.5 Å². The maximum atomic E-state index is 10.9. The molecule has 0 aliphatic carbocycles. The zero-order valence-corrected chi connectivity index (χ0v) is 17.5. The highest BCUT2D eigenvalue weighted by atomic mass is 35.5. The molecule has 0 fully saturated rings. The lowest BCUT2D eigenvalue weighted by Crippen LogP contribution is -2.01. The molecule has 0 bridgehead atoms. The second-order valence-corrected chi connectivity index (χ2v) is 7.01. The van der Waals surface area contributed by atoms with E-state index in [1.54, 1.807) is 37.6 Å². The van der Waals surface area contributed by atoms with Crippen LogP contribution in [-0.2, 0) is 13.0 Å². The number of hydrogen-bond acceptors (Lipinski definition) is 4. The fourth-order valence-electron chi connectivity index (χ4n) is 2.82. The Morgan fingerprint density at radius 1 is 1.07 bits per heavy atom. The van der Waals surface area contributed by atoms with Gasteiger partial charge in [-0.05, 0) is 59.5 Å². The zero-order chi connectivity index (χ0) is 21.5. The van der Waals surface area contributed by atoms with Crippen LogP contribution in [0.15, 0.2) is 65.7 Å². The van der Waals surface area contributed by atoms with Crippen LogP contribution in [-0.4, -0.2) is 24.4 Å². The summed E-state index contributed by atoms with van der Waals surface area (Å²) in [6, 6.07) is 18.1. The van der Waals surface area contributed by atoms with Crippen molar-refractivity contribution in [2.75, 3.05) is 7.11 Å². The van der Waals surface area contributed by atoms with E-state index in [0.29, 0.717) is 16.5 Å². The number of nitrogens with zero attached hydrogens (tertiary/aromatic N) is 1. The van der Waals surface area contributed by atoms with Crippen LogP contribution in [0.2, 0.25) is 5.02 Å². The molecule has 0 aliphatic heterocycles. The summed E-state index contributed by atoms with van der Waals surface area (Å²) >= 11 is 6.42. The second kappa shape index (κ2) is 9.94. The maximum Gasteiger partial charge on any atom is 0.335 e. The molecule has 3 aromatic rings. The van der Waals surface area contributed by atoms with Gasteiger partial charge in [-0.25, -0.2) is 4.79 Å². The molecule has 0 saturated heterocycles. The molecule has 0 unspecified atom stereocenters. The lowest BCUT2D eigenvalue weighted by Gasteiger charge is -2.13. The molecular formula is C24H22ClNO4. The normalized spacial score (nSPS) is 10.9. The Hall–Kier alpha value is -3.31. The van der Waals surface area contributed by atoms with E-state index in [1.807, 2.05) is 12.1 Å². The minimum atomic E-state index is -0.967. The van der Waals surface area contributed by atoms with Gasteiger partial charge in [0.2, 0.25) is 0 Å². The van der Waals surface area contributed by atoms with Crippen LogP contribution in [0, 0.1) is 0 Å². The molecule has 3 rings (SSSR count). The summed E-state index contributed by atoms with van der Waals surface area (Å²) in [6.45, 7) is 2.34. The van der Waals surface area contributed by atoms with Crippen LogP contribution in [0.4, 0.5) is 5.69 Å². The molecule has 0 radical (unpaired) electrons. The SMILES string of the molecule is CCc1ccc(N=Cc2cc(Cl)c(OCc3ccc(C(=O)O)cc3)c(OC)c2)cc1. The van der Waals surface area contributed by atoms with Gasteiger partial charge >= 0.3 is 5.97 Å². The number of carbonyl (C=O) groups is 1. The van der Waals surface area contributed by atoms with Crippen molar-refractivity contribution in [1.82, 2.24) is 0 Å². The van der Waals surface area contributed by atoms with E-state index in [2.05, 4.69) is 24.0 Å². The lowest BCUT2D eigenvalue weighted by atomic mass is 10.1. The highest BCUT2D eigenvalue weighted by Crippen LogP contribution is 2.36. The molecular weight excluding hydrogens is 402 g/mol. The standard InChI is InChI=1S/C24H22ClNO4/c1-3-16-6-10-20(11-7-16)26-14-18-12-21(25)23(22(13-18)29-2)30-15-17-4-8-19(9-5-17)24(27)28/h4-14H,3,15H2,1-2H3,(H,27,28). The third kappa shape index (κ3) is 5.39. The summed E-state index contributed by atoms with van der Waals surface area (Å²) in [4.78, 5) is 15.4. The van der Waals surface area contributed by atoms with Crippen LogP contribution in [0.1, 0.15) is 34.0 Å². The van der Waals surface area contributed by atoms with E-state index in [4.69, 9.17) is 26.2 Å². The average Bonchev–Trinajstić information content (AvgIpc) is 2.77. The predicted octanol–water partition coefficient (Wildman–Crippen LogP) is 5.94. The average molecular weight is 424 g/mol. The summed E-state index contributed by atoms with van der Waals surface area (Å²) in [6.07, 6.45) is 2.71. The number of carboxylic acid groups (broad SMARTS) is 1. The number of methoxy groups -OCH3 is 1. The molecule has 0 aromatic heterocycles. The van der Waals surface area contributed by atoms with Crippen molar-refractivity contribution in [3.05, 3.63) is 87.9 Å². The summed E-state index contributed by atoms with van der Waals surface area (Å²) < 4.78 is 11.3. The van der Waals surface area contributed by atoms with Crippen LogP contribution in [0.3, 0.4) is 0 Å². The Morgan fingerprint density at radius 3 is 2.33 bits per heavy atom. The Balaban J connectivity index is 1.74. The quantitative estimate of drug-likeness (QED) is 0.455. The molecule has 0 amide bonds. The molecule has 0 spiro atoms. The zero-order valence-electron chi connectivity index (χ0n) is 16.8. The van der Waals surface area contributed by atoms with Crippen molar-refractivity contribution in [2.45, 2.75) is 20.0 Å². The predicted molar refractivity (Wildman–Crippen MR) is 119 cm³/mol. The number of halogens is 1. The number of benzene rings is 3. The molecule has 0 heterocycles. The first kappa shape index (κ1) is 21.4. The Labute approximate surface area is 180 Å². The van der Waals surface area contributed by atoms with Crippen molar-refractivity contribution in [3.63, 3.8) is 0 Å². The van der Waals surface area contributed by atoms with E-state index in [-0.39, 0.29) is 12.2 Å². The molecule has 0 saturated carbocycles. The second-order valence-electron chi connectivity index (χ2n) is 6.60. The van der Waals surface area contributed by atoms with Gasteiger partial charge in [0.1, 0.15) is 6.61 Å². The molecule has 30 heavy (non-hydrogen) atoms. The Bertz CT molecular complexity index is 1040. The first-order valence-corrected chi connectivity index (χ1v) is 9.83. The number of carboxylic acids is 1. The number of aryl methyl sites for hydroxylation is 1. The number of aliphatic imine (C=N–C) groups is 1. The Kier molecular flexibility index (Phi) is 7.09. The Morgan fingerprint density at radius 2 is 1.73 bits per heavy atom. The third-order valence-electron chi connectivity index (χ3n) is 4.54. The van der Waals surface area contributed by atoms with Crippen LogP contribution < -0.4 is 9.47 Å². The van der Waals surface area contributed by atoms with Crippen LogP contribution in [0.25, 0.3) is 0 Å². The minimum absolute atomic E-state index is 0.224. The van der Waals surface area contributed by atoms with Gasteiger partial charge in [-0.15, -0.1) is 0 Å². The van der Waals surface area contributed by atoms with E-state index in [1.165, 1.54) is 17.7 Å². The van der Waals surface area contributed by atoms with Gasteiger partial charge in [0.05, 0.1) is 23.4 Å². The number of ether oxygens (including phenoxy) is 2. The largest absolute Gasteiger partial charge is 0.493 e. The molecule has 6 heteroatoms. The van der Waals surface area contributed by atoms with E-state index < -0.39 is 5.97 Å². The van der Waals surface area contributed by atoms with Crippen molar-refractivity contribution < 1.29 is 19.4 Å². The summed E-state index contributed by atoms with van der Waals surface area (Å²) in [5, 5.41) is 9.38. The molecule has 3 aromatic carbocycles. The first-order valence-electron chi connectivity index (χ1n) is 9.45. The fraction of sp³-hybridized carbons (Fsp3) is 0.167. The minimum Gasteiger partial charge on any atom is -0.493 e. The van der Waals surface area contributed by atoms with Gasteiger partial charge in [-0.3, -0.25) is 4.99 Å². The molecule has 154 valence electrons. The molecule has 0 aliphatic rings. The third-order valence-corrected chi connectivity index (χ3v) is 4.82. The van der Waals surface area contributed by atoms with Crippen molar-refractivity contribution in [3.8, 4) is 11.5 Å². The monoisotopic (exact) mass is 423 g/mol. The fourth-order valence-corrected chi connectivity index (χ4v) is 3.09. The van der Waals surface area contributed by atoms with E-state index in [0.717, 1.165) is 23.2 Å². The number of aromatic carboxylic acids is 1. The highest BCUT2D eigenvalue weighted by Gasteiger charge is 2.12. The smallest absolute Gasteiger partial charge is 0.335 e. The van der Waals surface area contributed by atoms with Crippen LogP contribution in [0.5, 0.6) is 11.5 Å². The summed E-state index contributed by atoms with van der Waals surface area (Å²) in [5.41, 5.74) is 3.95. The number of rotatable bonds is 8. The number of hydrogen-bond donors (Lipinski definition) is 1. The summed E-state index contributed by atoms with van der Waals surface area (Å²) in [5.74, 6) is -0.0518.